The molecule has 0 saturated carbocycles. The highest BCUT2D eigenvalue weighted by Gasteiger charge is 2.36. The molecular formula is C21H20N4O3S. The Hall–Kier alpha value is -3.44. The van der Waals surface area contributed by atoms with Crippen LogP contribution in [0.4, 0.5) is 0 Å². The fraction of sp³-hybridized carbons (Fsp3) is 0.238. The number of aromatic amines is 1. The van der Waals surface area contributed by atoms with Gasteiger partial charge >= 0.3 is 0 Å². The normalized spacial score (nSPS) is 15.4. The molecule has 0 saturated heterocycles. The number of nitriles is 1. The van der Waals surface area contributed by atoms with Crippen LogP contribution in [0.5, 0.6) is 17.4 Å². The summed E-state index contributed by atoms with van der Waals surface area (Å²) in [5, 5.41) is 19.1. The summed E-state index contributed by atoms with van der Waals surface area (Å²) in [7, 11) is 0. The van der Waals surface area contributed by atoms with Gasteiger partial charge in [-0.15, -0.1) is 16.4 Å². The van der Waals surface area contributed by atoms with Crippen LogP contribution in [0.3, 0.4) is 0 Å². The lowest BCUT2D eigenvalue weighted by Crippen LogP contribution is -2.20. The summed E-state index contributed by atoms with van der Waals surface area (Å²) < 4.78 is 17.1. The highest BCUT2D eigenvalue weighted by Crippen LogP contribution is 2.48. The third-order valence-electron chi connectivity index (χ3n) is 4.60. The van der Waals surface area contributed by atoms with Crippen LogP contribution in [0.1, 0.15) is 30.2 Å². The lowest BCUT2D eigenvalue weighted by Gasteiger charge is -2.23. The zero-order valence-electron chi connectivity index (χ0n) is 16.1. The van der Waals surface area contributed by atoms with Gasteiger partial charge in [-0.25, -0.2) is 0 Å². The highest BCUT2D eigenvalue weighted by molar-refractivity contribution is 7.10. The number of rotatable bonds is 6. The SMILES string of the molecule is CCOc1ccc(-c2[nH]nc3c2[C@H](c2cccs2)C(C#N)=C(N)O3)c(OCC)c1. The summed E-state index contributed by atoms with van der Waals surface area (Å²) in [6.07, 6.45) is 0. The van der Waals surface area contributed by atoms with Crippen molar-refractivity contribution < 1.29 is 14.2 Å². The summed E-state index contributed by atoms with van der Waals surface area (Å²) in [6.45, 7) is 4.92. The smallest absolute Gasteiger partial charge is 0.244 e. The van der Waals surface area contributed by atoms with Crippen LogP contribution in [0, 0.1) is 11.3 Å². The largest absolute Gasteiger partial charge is 0.494 e. The minimum Gasteiger partial charge on any atom is -0.494 e. The number of hydrogen-bond acceptors (Lipinski definition) is 7. The van der Waals surface area contributed by atoms with Crippen LogP contribution < -0.4 is 19.9 Å². The number of fused-ring (bicyclic) bond motifs is 1. The molecule has 2 aromatic heterocycles. The fourth-order valence-electron chi connectivity index (χ4n) is 3.43. The fourth-order valence-corrected chi connectivity index (χ4v) is 4.27. The monoisotopic (exact) mass is 408 g/mol. The van der Waals surface area contributed by atoms with E-state index in [0.717, 1.165) is 27.4 Å². The molecule has 0 bridgehead atoms. The second-order valence-electron chi connectivity index (χ2n) is 6.28. The van der Waals surface area contributed by atoms with Gasteiger partial charge in [-0.05, 0) is 37.4 Å². The summed E-state index contributed by atoms with van der Waals surface area (Å²) in [5.41, 5.74) is 8.70. The number of nitrogens with zero attached hydrogens (tertiary/aromatic N) is 2. The Bertz CT molecular complexity index is 1100. The van der Waals surface area contributed by atoms with E-state index in [1.165, 1.54) is 0 Å². The minimum absolute atomic E-state index is 0.0770. The van der Waals surface area contributed by atoms with Crippen LogP contribution in [0.2, 0.25) is 0 Å². The number of benzene rings is 1. The van der Waals surface area contributed by atoms with E-state index in [0.29, 0.717) is 30.4 Å². The maximum absolute atomic E-state index is 9.75. The maximum atomic E-state index is 9.75. The van der Waals surface area contributed by atoms with E-state index in [1.54, 1.807) is 11.3 Å². The molecule has 148 valence electrons. The van der Waals surface area contributed by atoms with Gasteiger partial charge in [0.2, 0.25) is 11.8 Å². The Morgan fingerprint density at radius 3 is 2.79 bits per heavy atom. The molecule has 1 aromatic carbocycles. The molecule has 8 heteroatoms. The zero-order chi connectivity index (χ0) is 20.4. The van der Waals surface area contributed by atoms with E-state index in [1.807, 2.05) is 49.6 Å². The number of nitrogens with one attached hydrogen (secondary N) is 1. The molecule has 3 N–H and O–H groups in total. The summed E-state index contributed by atoms with van der Waals surface area (Å²) >= 11 is 1.56. The predicted molar refractivity (Wildman–Crippen MR) is 110 cm³/mol. The lowest BCUT2D eigenvalue weighted by molar-refractivity contribution is 0.324. The van der Waals surface area contributed by atoms with Gasteiger partial charge in [0.25, 0.3) is 0 Å². The average molecular weight is 408 g/mol. The van der Waals surface area contributed by atoms with E-state index in [2.05, 4.69) is 16.3 Å². The van der Waals surface area contributed by atoms with Gasteiger partial charge in [-0.2, -0.15) is 5.26 Å². The molecule has 3 aromatic rings. The van der Waals surface area contributed by atoms with E-state index >= 15 is 0 Å². The minimum atomic E-state index is -0.362. The first-order valence-corrected chi connectivity index (χ1v) is 10.1. The molecular weight excluding hydrogens is 388 g/mol. The first-order valence-electron chi connectivity index (χ1n) is 9.27. The van der Waals surface area contributed by atoms with Crippen molar-refractivity contribution in [3.8, 4) is 34.7 Å². The van der Waals surface area contributed by atoms with Gasteiger partial charge in [-0.3, -0.25) is 5.10 Å². The molecule has 0 spiro atoms. The van der Waals surface area contributed by atoms with Crippen molar-refractivity contribution >= 4 is 11.3 Å². The van der Waals surface area contributed by atoms with Crippen LogP contribution in [0.15, 0.2) is 47.2 Å². The number of aromatic nitrogens is 2. The molecule has 3 heterocycles. The Labute approximate surface area is 172 Å². The first-order chi connectivity index (χ1) is 14.2. The second kappa shape index (κ2) is 7.89. The Kier molecular flexibility index (Phi) is 5.14. The number of hydrogen-bond donors (Lipinski definition) is 2. The zero-order valence-corrected chi connectivity index (χ0v) is 16.9. The summed E-state index contributed by atoms with van der Waals surface area (Å²) in [5.74, 6) is 1.47. The number of allylic oxidation sites excluding steroid dienone is 1. The van der Waals surface area contributed by atoms with Gasteiger partial charge in [0.15, 0.2) is 0 Å². The van der Waals surface area contributed by atoms with E-state index in [4.69, 9.17) is 19.9 Å². The van der Waals surface area contributed by atoms with Gasteiger partial charge < -0.3 is 19.9 Å². The average Bonchev–Trinajstić information content (AvgIpc) is 3.38. The van der Waals surface area contributed by atoms with E-state index < -0.39 is 0 Å². The molecule has 1 aliphatic heterocycles. The molecule has 0 aliphatic carbocycles. The topological polar surface area (TPSA) is 106 Å². The van der Waals surface area contributed by atoms with Crippen molar-refractivity contribution in [3.63, 3.8) is 0 Å². The van der Waals surface area contributed by atoms with Crippen molar-refractivity contribution in [2.24, 2.45) is 5.73 Å². The third kappa shape index (κ3) is 3.30. The maximum Gasteiger partial charge on any atom is 0.244 e. The standard InChI is InChI=1S/C21H20N4O3S/c1-3-26-12-7-8-13(15(10-12)27-4-2)19-18-17(16-6-5-9-29-16)14(11-22)20(23)28-21(18)25-24-19/h5-10,17H,3-4,23H2,1-2H3,(H,24,25)/t17-/m0/s1. The quantitative estimate of drug-likeness (QED) is 0.634. The van der Waals surface area contributed by atoms with Crippen LogP contribution in [-0.4, -0.2) is 23.4 Å². The Balaban J connectivity index is 1.90. The van der Waals surface area contributed by atoms with Crippen molar-refractivity contribution in [1.29, 1.82) is 5.26 Å². The molecule has 1 atom stereocenters. The van der Waals surface area contributed by atoms with Gasteiger partial charge in [-0.1, -0.05) is 6.07 Å². The van der Waals surface area contributed by atoms with Crippen molar-refractivity contribution in [3.05, 3.63) is 57.6 Å². The van der Waals surface area contributed by atoms with E-state index in [-0.39, 0.29) is 11.8 Å². The van der Waals surface area contributed by atoms with Gasteiger partial charge in [0.05, 0.1) is 30.4 Å². The van der Waals surface area contributed by atoms with Crippen molar-refractivity contribution in [1.82, 2.24) is 10.2 Å². The molecule has 0 amide bonds. The molecule has 0 radical (unpaired) electrons. The van der Waals surface area contributed by atoms with Gasteiger partial charge in [0, 0.05) is 16.5 Å². The highest BCUT2D eigenvalue weighted by atomic mass is 32.1. The van der Waals surface area contributed by atoms with E-state index in [9.17, 15) is 5.26 Å². The first kappa shape index (κ1) is 18.9. The number of ether oxygens (including phenoxy) is 3. The number of nitrogens with two attached hydrogens (primary N) is 1. The summed E-state index contributed by atoms with van der Waals surface area (Å²) in [6, 6.07) is 11.8. The Morgan fingerprint density at radius 1 is 1.28 bits per heavy atom. The van der Waals surface area contributed by atoms with Gasteiger partial charge in [0.1, 0.15) is 23.1 Å². The van der Waals surface area contributed by atoms with Crippen molar-refractivity contribution in [2.75, 3.05) is 13.2 Å². The number of thiophene rings is 1. The van der Waals surface area contributed by atoms with Crippen LogP contribution in [-0.2, 0) is 0 Å². The molecule has 1 aliphatic rings. The summed E-state index contributed by atoms with van der Waals surface area (Å²) in [4.78, 5) is 0.987. The molecule has 7 nitrogen and oxygen atoms in total. The molecule has 29 heavy (non-hydrogen) atoms. The van der Waals surface area contributed by atoms with Crippen LogP contribution in [0.25, 0.3) is 11.3 Å². The Morgan fingerprint density at radius 2 is 2.10 bits per heavy atom. The molecule has 0 fully saturated rings. The predicted octanol–water partition coefficient (Wildman–Crippen LogP) is 4.15. The molecule has 4 rings (SSSR count). The van der Waals surface area contributed by atoms with Crippen LogP contribution >= 0.6 is 11.3 Å². The third-order valence-corrected chi connectivity index (χ3v) is 5.54. The number of H-pyrrole nitrogens is 1. The second-order valence-corrected chi connectivity index (χ2v) is 7.26. The van der Waals surface area contributed by atoms with Crippen molar-refractivity contribution in [2.45, 2.75) is 19.8 Å². The lowest BCUT2D eigenvalue weighted by atomic mass is 9.87. The molecule has 0 unspecified atom stereocenters.